The van der Waals surface area contributed by atoms with Gasteiger partial charge in [-0.3, -0.25) is 4.79 Å². The maximum atomic E-state index is 12.7. The summed E-state index contributed by atoms with van der Waals surface area (Å²) in [5, 5.41) is 3.96. The molecule has 0 aliphatic heterocycles. The fourth-order valence-electron chi connectivity index (χ4n) is 3.15. The molecule has 0 spiro atoms. The summed E-state index contributed by atoms with van der Waals surface area (Å²) in [7, 11) is 3.00. The molecule has 0 heterocycles. The molecule has 3 rings (SSSR count). The molecule has 0 atom stereocenters. The fraction of sp³-hybridized carbons (Fsp3) is 0.222. The monoisotopic (exact) mass is 492 g/mol. The van der Waals surface area contributed by atoms with Crippen LogP contribution in [0.25, 0.3) is 0 Å². The number of amides is 1. The van der Waals surface area contributed by atoms with Crippen molar-refractivity contribution in [2.45, 2.75) is 13.8 Å². The maximum Gasteiger partial charge on any atom is 0.343 e. The van der Waals surface area contributed by atoms with Crippen LogP contribution in [0.2, 0.25) is 0 Å². The first kappa shape index (κ1) is 26.1. The zero-order valence-corrected chi connectivity index (χ0v) is 20.6. The van der Waals surface area contributed by atoms with Gasteiger partial charge in [-0.2, -0.15) is 5.10 Å². The Hall–Kier alpha value is -4.53. The van der Waals surface area contributed by atoms with E-state index in [9.17, 15) is 9.59 Å². The van der Waals surface area contributed by atoms with Crippen LogP contribution in [-0.4, -0.2) is 45.5 Å². The van der Waals surface area contributed by atoms with Crippen LogP contribution in [0.3, 0.4) is 0 Å². The van der Waals surface area contributed by atoms with Crippen molar-refractivity contribution in [3.63, 3.8) is 0 Å². The van der Waals surface area contributed by atoms with E-state index in [0.717, 1.165) is 5.56 Å². The lowest BCUT2D eigenvalue weighted by atomic mass is 10.2. The van der Waals surface area contributed by atoms with E-state index >= 15 is 0 Å². The van der Waals surface area contributed by atoms with Gasteiger partial charge in [0.2, 0.25) is 0 Å². The Balaban J connectivity index is 1.63. The van der Waals surface area contributed by atoms with E-state index in [1.807, 2.05) is 32.0 Å². The summed E-state index contributed by atoms with van der Waals surface area (Å²) >= 11 is 0. The molecule has 1 amide bonds. The predicted octanol–water partition coefficient (Wildman–Crippen LogP) is 4.16. The van der Waals surface area contributed by atoms with Crippen LogP contribution in [-0.2, 0) is 4.79 Å². The first-order valence-electron chi connectivity index (χ1n) is 11.2. The van der Waals surface area contributed by atoms with Crippen LogP contribution in [0.4, 0.5) is 0 Å². The van der Waals surface area contributed by atoms with E-state index in [4.69, 9.17) is 23.7 Å². The lowest BCUT2D eigenvalue weighted by Gasteiger charge is -2.12. The van der Waals surface area contributed by atoms with Crippen molar-refractivity contribution in [3.8, 4) is 28.7 Å². The lowest BCUT2D eigenvalue weighted by Crippen LogP contribution is -2.24. The summed E-state index contributed by atoms with van der Waals surface area (Å²) in [5.41, 5.74) is 4.27. The third-order valence-electron chi connectivity index (χ3n) is 4.94. The van der Waals surface area contributed by atoms with Gasteiger partial charge in [0.25, 0.3) is 5.91 Å². The Labute approximate surface area is 209 Å². The molecule has 0 fully saturated rings. The largest absolute Gasteiger partial charge is 0.493 e. The lowest BCUT2D eigenvalue weighted by molar-refractivity contribution is -0.123. The Bertz CT molecular complexity index is 1240. The summed E-state index contributed by atoms with van der Waals surface area (Å²) < 4.78 is 27.1. The highest BCUT2D eigenvalue weighted by molar-refractivity contribution is 5.92. The van der Waals surface area contributed by atoms with Gasteiger partial charge in [-0.15, -0.1) is 0 Å². The minimum absolute atomic E-state index is 0.169. The molecule has 0 aliphatic rings. The van der Waals surface area contributed by atoms with Crippen molar-refractivity contribution in [2.75, 3.05) is 27.4 Å². The van der Waals surface area contributed by atoms with Gasteiger partial charge in [0, 0.05) is 0 Å². The molecule has 0 aliphatic carbocycles. The smallest absolute Gasteiger partial charge is 0.343 e. The summed E-state index contributed by atoms with van der Waals surface area (Å²) in [6.07, 6.45) is 1.45. The number of hydrogen-bond donors (Lipinski definition) is 1. The molecule has 36 heavy (non-hydrogen) atoms. The predicted molar refractivity (Wildman–Crippen MR) is 135 cm³/mol. The molecular formula is C27H28N2O7. The molecule has 9 heteroatoms. The highest BCUT2D eigenvalue weighted by Crippen LogP contribution is 2.31. The summed E-state index contributed by atoms with van der Waals surface area (Å²) in [4.78, 5) is 24.7. The standard InChI is InChI=1S/C27H28N2O7/c1-5-34-25-14-19(16-28-29-26(30)17-35-21-9-7-6-8-18(21)2)10-12-23(25)36-27(31)20-11-13-22(32-3)24(15-20)33-4/h6-16H,5,17H2,1-4H3,(H,29,30)/b28-16+. The van der Waals surface area contributed by atoms with Crippen molar-refractivity contribution < 1.29 is 33.3 Å². The van der Waals surface area contributed by atoms with E-state index in [2.05, 4.69) is 10.5 Å². The number of hydrazone groups is 1. The van der Waals surface area contributed by atoms with E-state index in [0.29, 0.717) is 35.2 Å². The Morgan fingerprint density at radius 3 is 2.33 bits per heavy atom. The van der Waals surface area contributed by atoms with Crippen LogP contribution >= 0.6 is 0 Å². The second kappa shape index (κ2) is 12.8. The maximum absolute atomic E-state index is 12.7. The summed E-state index contributed by atoms with van der Waals surface area (Å²) in [6, 6.07) is 17.1. The first-order valence-corrected chi connectivity index (χ1v) is 11.2. The van der Waals surface area contributed by atoms with E-state index in [-0.39, 0.29) is 17.9 Å². The van der Waals surface area contributed by atoms with Crippen molar-refractivity contribution in [1.29, 1.82) is 0 Å². The van der Waals surface area contributed by atoms with E-state index in [1.165, 1.54) is 26.5 Å². The molecule has 0 radical (unpaired) electrons. The number of ether oxygens (including phenoxy) is 5. The van der Waals surface area contributed by atoms with Crippen LogP contribution in [0, 0.1) is 6.92 Å². The van der Waals surface area contributed by atoms with Gasteiger partial charge >= 0.3 is 5.97 Å². The van der Waals surface area contributed by atoms with Gasteiger partial charge in [0.15, 0.2) is 29.6 Å². The summed E-state index contributed by atoms with van der Waals surface area (Å²) in [6.45, 7) is 3.90. The minimum Gasteiger partial charge on any atom is -0.493 e. The Morgan fingerprint density at radius 1 is 0.861 bits per heavy atom. The van der Waals surface area contributed by atoms with Crippen molar-refractivity contribution >= 4 is 18.1 Å². The number of nitrogens with one attached hydrogen (secondary N) is 1. The third kappa shape index (κ3) is 6.99. The highest BCUT2D eigenvalue weighted by atomic mass is 16.6. The molecule has 0 saturated heterocycles. The van der Waals surface area contributed by atoms with Crippen LogP contribution in [0.15, 0.2) is 65.8 Å². The van der Waals surface area contributed by atoms with E-state index in [1.54, 1.807) is 36.4 Å². The van der Waals surface area contributed by atoms with Crippen molar-refractivity contribution in [1.82, 2.24) is 5.43 Å². The second-order valence-electron chi connectivity index (χ2n) is 7.45. The number of hydrogen-bond acceptors (Lipinski definition) is 8. The molecule has 1 N–H and O–H groups in total. The molecule has 9 nitrogen and oxygen atoms in total. The van der Waals surface area contributed by atoms with Gasteiger partial charge in [-0.1, -0.05) is 18.2 Å². The topological polar surface area (TPSA) is 105 Å². The number of carbonyl (C=O) groups is 2. The van der Waals surface area contributed by atoms with Crippen LogP contribution in [0.1, 0.15) is 28.4 Å². The third-order valence-corrected chi connectivity index (χ3v) is 4.94. The molecule has 0 saturated carbocycles. The van der Waals surface area contributed by atoms with Gasteiger partial charge in [-0.05, 0) is 67.4 Å². The molecule has 3 aromatic carbocycles. The number of carbonyl (C=O) groups excluding carboxylic acids is 2. The van der Waals surface area contributed by atoms with Crippen LogP contribution < -0.4 is 29.1 Å². The fourth-order valence-corrected chi connectivity index (χ4v) is 3.15. The number of nitrogens with zero attached hydrogens (tertiary/aromatic N) is 1. The zero-order valence-electron chi connectivity index (χ0n) is 20.6. The molecule has 3 aromatic rings. The quantitative estimate of drug-likeness (QED) is 0.185. The molecule has 0 bridgehead atoms. The normalized spacial score (nSPS) is 10.6. The number of rotatable bonds is 11. The number of methoxy groups -OCH3 is 2. The van der Waals surface area contributed by atoms with Gasteiger partial charge < -0.3 is 23.7 Å². The molecule has 188 valence electrons. The number of benzene rings is 3. The van der Waals surface area contributed by atoms with Crippen molar-refractivity contribution in [3.05, 3.63) is 77.4 Å². The SMILES string of the molecule is CCOc1cc(/C=N/NC(=O)COc2ccccc2C)ccc1OC(=O)c1ccc(OC)c(OC)c1. The number of para-hydroxylation sites is 1. The molecule has 0 unspecified atom stereocenters. The average Bonchev–Trinajstić information content (AvgIpc) is 2.89. The zero-order chi connectivity index (χ0) is 25.9. The number of aryl methyl sites for hydroxylation is 1. The number of esters is 1. The van der Waals surface area contributed by atoms with Crippen molar-refractivity contribution in [2.24, 2.45) is 5.10 Å². The average molecular weight is 493 g/mol. The Morgan fingerprint density at radius 2 is 1.61 bits per heavy atom. The first-order chi connectivity index (χ1) is 17.4. The van der Waals surface area contributed by atoms with Gasteiger partial charge in [0.1, 0.15) is 5.75 Å². The minimum atomic E-state index is -0.584. The molecular weight excluding hydrogens is 464 g/mol. The van der Waals surface area contributed by atoms with Gasteiger partial charge in [0.05, 0.1) is 32.6 Å². The molecule has 0 aromatic heterocycles. The summed E-state index contributed by atoms with van der Waals surface area (Å²) in [5.74, 6) is 1.15. The highest BCUT2D eigenvalue weighted by Gasteiger charge is 2.16. The van der Waals surface area contributed by atoms with Crippen LogP contribution in [0.5, 0.6) is 28.7 Å². The van der Waals surface area contributed by atoms with Gasteiger partial charge in [-0.25, -0.2) is 10.2 Å². The second-order valence-corrected chi connectivity index (χ2v) is 7.45. The van der Waals surface area contributed by atoms with E-state index < -0.39 is 11.9 Å². The Kier molecular flexibility index (Phi) is 9.27.